The molecule has 31 heavy (non-hydrogen) atoms. The van der Waals surface area contributed by atoms with Crippen molar-refractivity contribution >= 4 is 41.4 Å². The van der Waals surface area contributed by atoms with Crippen molar-refractivity contribution < 1.29 is 48.7 Å². The van der Waals surface area contributed by atoms with Crippen molar-refractivity contribution in [2.24, 2.45) is 0 Å². The van der Waals surface area contributed by atoms with Crippen LogP contribution in [-0.2, 0) is 11.8 Å². The summed E-state index contributed by atoms with van der Waals surface area (Å²) in [5, 5.41) is 5.47. The van der Waals surface area contributed by atoms with E-state index in [1.807, 2.05) is 0 Å². The first kappa shape index (κ1) is 24.8. The number of alkyl halides is 10. The molecule has 0 unspecified atom stereocenters. The number of nitrogens with zero attached hydrogens (tertiary/aromatic N) is 1. The van der Waals surface area contributed by atoms with Crippen LogP contribution in [0.1, 0.15) is 21.6 Å². The van der Waals surface area contributed by atoms with E-state index in [0.29, 0.717) is 0 Å². The molecule has 0 saturated carbocycles. The second kappa shape index (κ2) is 7.87. The number of thiazole rings is 1. The molecule has 0 bridgehead atoms. The number of rotatable bonds is 4. The van der Waals surface area contributed by atoms with Crippen molar-refractivity contribution in [3.8, 4) is 0 Å². The number of carbonyl (C=O) groups excluding carboxylic acids is 1. The second-order valence-electron chi connectivity index (χ2n) is 5.88. The average molecular weight is 479 g/mol. The molecule has 2 radical (unpaired) electrons. The number of hydrogen-bond donors (Lipinski definition) is 2. The molecule has 1 heterocycles. The highest BCUT2D eigenvalue weighted by Crippen LogP contribution is 2.54. The van der Waals surface area contributed by atoms with E-state index in [1.165, 1.54) is 7.05 Å². The first-order valence-electron chi connectivity index (χ1n) is 7.71. The van der Waals surface area contributed by atoms with E-state index < -0.39 is 64.1 Å². The molecule has 0 fully saturated rings. The Balaban J connectivity index is 2.66. The van der Waals surface area contributed by atoms with E-state index in [9.17, 15) is 48.7 Å². The molecule has 0 aliphatic carbocycles. The Bertz CT molecular complexity index is 969. The van der Waals surface area contributed by atoms with Crippen molar-refractivity contribution in [2.75, 3.05) is 17.7 Å². The Morgan fingerprint density at radius 2 is 1.55 bits per heavy atom. The van der Waals surface area contributed by atoms with Gasteiger partial charge in [0.2, 0.25) is 0 Å². The summed E-state index contributed by atoms with van der Waals surface area (Å²) in [6.07, 6.45) is -18.9. The highest BCUT2D eigenvalue weighted by Gasteiger charge is 2.73. The normalized spacial score (nSPS) is 13.3. The minimum Gasteiger partial charge on any atom is -0.365 e. The maximum atomic E-state index is 14.2. The van der Waals surface area contributed by atoms with Crippen molar-refractivity contribution in [1.82, 2.24) is 4.98 Å². The van der Waals surface area contributed by atoms with Gasteiger partial charge in [0.05, 0.1) is 5.56 Å². The van der Waals surface area contributed by atoms with Crippen LogP contribution in [0.4, 0.5) is 54.7 Å². The Kier molecular flexibility index (Phi) is 6.29. The van der Waals surface area contributed by atoms with Crippen LogP contribution in [0, 0.1) is 0 Å². The van der Waals surface area contributed by atoms with Crippen molar-refractivity contribution in [2.45, 2.75) is 24.2 Å². The molecule has 1 amide bonds. The van der Waals surface area contributed by atoms with Crippen LogP contribution < -0.4 is 16.1 Å². The molecule has 1 aromatic carbocycles. The summed E-state index contributed by atoms with van der Waals surface area (Å²) in [5.41, 5.74) is -14.0. The number of amides is 1. The molecule has 2 rings (SSSR count). The molecular formula is C15H8BF10N3OS. The highest BCUT2D eigenvalue weighted by atomic mass is 32.1. The lowest BCUT2D eigenvalue weighted by Crippen LogP contribution is -2.51. The Morgan fingerprint density at radius 3 is 1.97 bits per heavy atom. The van der Waals surface area contributed by atoms with Gasteiger partial charge in [-0.25, -0.2) is 9.37 Å². The van der Waals surface area contributed by atoms with E-state index in [1.54, 1.807) is 5.32 Å². The number of nitrogens with one attached hydrogen (secondary N) is 2. The lowest BCUT2D eigenvalue weighted by atomic mass is 9.83. The lowest BCUT2D eigenvalue weighted by molar-refractivity contribution is -0.348. The molecule has 4 nitrogen and oxygen atoms in total. The van der Waals surface area contributed by atoms with Crippen LogP contribution in [0.25, 0.3) is 0 Å². The molecule has 0 spiro atoms. The van der Waals surface area contributed by atoms with Gasteiger partial charge >= 0.3 is 24.2 Å². The molecule has 2 aromatic rings. The zero-order valence-electron chi connectivity index (χ0n) is 14.9. The van der Waals surface area contributed by atoms with Gasteiger partial charge in [0.15, 0.2) is 5.13 Å². The molecule has 0 aliphatic heterocycles. The number of anilines is 2. The summed E-state index contributed by atoms with van der Waals surface area (Å²) in [6.45, 7) is 0. The third kappa shape index (κ3) is 4.57. The van der Waals surface area contributed by atoms with Crippen LogP contribution >= 0.6 is 11.3 Å². The van der Waals surface area contributed by atoms with Crippen molar-refractivity contribution in [1.29, 1.82) is 0 Å². The van der Waals surface area contributed by atoms with Gasteiger partial charge in [-0.05, 0) is 6.07 Å². The molecule has 168 valence electrons. The molecule has 0 aliphatic rings. The monoisotopic (exact) mass is 479 g/mol. The van der Waals surface area contributed by atoms with Crippen molar-refractivity contribution in [3.05, 3.63) is 34.3 Å². The van der Waals surface area contributed by atoms with Gasteiger partial charge in [0.25, 0.3) is 5.91 Å². The van der Waals surface area contributed by atoms with Crippen LogP contribution in [0.2, 0.25) is 0 Å². The fourth-order valence-corrected chi connectivity index (χ4v) is 3.04. The SMILES string of the molecule is [B]c1cc(C(F)(C(F)(F)F)C(F)(F)F)cc(C(F)(F)F)c1NC(=O)c1csc(NC)n1. The fourth-order valence-electron chi connectivity index (χ4n) is 2.38. The van der Waals surface area contributed by atoms with E-state index >= 15 is 0 Å². The molecule has 1 aromatic heterocycles. The number of aromatic nitrogens is 1. The van der Waals surface area contributed by atoms with Crippen LogP contribution in [0.5, 0.6) is 0 Å². The Labute approximate surface area is 172 Å². The van der Waals surface area contributed by atoms with Gasteiger partial charge in [0, 0.05) is 23.7 Å². The average Bonchev–Trinajstić information content (AvgIpc) is 3.08. The quantitative estimate of drug-likeness (QED) is 0.501. The van der Waals surface area contributed by atoms with Gasteiger partial charge < -0.3 is 10.6 Å². The predicted octanol–water partition coefficient (Wildman–Crippen LogP) is 4.54. The smallest absolute Gasteiger partial charge is 0.365 e. The Morgan fingerprint density at radius 1 is 1.00 bits per heavy atom. The van der Waals surface area contributed by atoms with Gasteiger partial charge in [-0.1, -0.05) is 11.5 Å². The van der Waals surface area contributed by atoms with Gasteiger partial charge in [0.1, 0.15) is 13.5 Å². The summed E-state index contributed by atoms with van der Waals surface area (Å²) in [5.74, 6) is -1.29. The Hall–Kier alpha value is -2.52. The molecule has 2 N–H and O–H groups in total. The molecule has 0 atom stereocenters. The van der Waals surface area contributed by atoms with Crippen LogP contribution in [-0.4, -0.2) is 38.1 Å². The first-order valence-corrected chi connectivity index (χ1v) is 8.59. The van der Waals surface area contributed by atoms with Crippen LogP contribution in [0.15, 0.2) is 17.5 Å². The zero-order chi connectivity index (χ0) is 24.0. The van der Waals surface area contributed by atoms with E-state index in [-0.39, 0.29) is 11.2 Å². The minimum absolute atomic E-state index is 0.182. The number of benzene rings is 1. The minimum atomic E-state index is -6.66. The third-order valence-corrected chi connectivity index (χ3v) is 4.70. The number of carbonyl (C=O) groups is 1. The number of hydrogen-bond acceptors (Lipinski definition) is 4. The maximum Gasteiger partial charge on any atom is 0.435 e. The van der Waals surface area contributed by atoms with E-state index in [0.717, 1.165) is 16.7 Å². The summed E-state index contributed by atoms with van der Waals surface area (Å²) >= 11 is 0.878. The van der Waals surface area contributed by atoms with E-state index in [4.69, 9.17) is 7.85 Å². The number of halogens is 10. The lowest BCUT2D eigenvalue weighted by Gasteiger charge is -2.31. The molecule has 0 saturated heterocycles. The second-order valence-corrected chi connectivity index (χ2v) is 6.74. The van der Waals surface area contributed by atoms with Crippen LogP contribution in [0.3, 0.4) is 0 Å². The summed E-state index contributed by atoms with van der Waals surface area (Å²) in [4.78, 5) is 15.8. The highest BCUT2D eigenvalue weighted by molar-refractivity contribution is 7.13. The van der Waals surface area contributed by atoms with Gasteiger partial charge in [-0.2, -0.15) is 39.5 Å². The largest absolute Gasteiger partial charge is 0.435 e. The summed E-state index contributed by atoms with van der Waals surface area (Å²) in [7, 11) is 6.63. The topological polar surface area (TPSA) is 54.0 Å². The first-order chi connectivity index (χ1) is 13.9. The molecule has 16 heteroatoms. The third-order valence-electron chi connectivity index (χ3n) is 3.84. The standard InChI is InChI=1S/C15H8BF10N3OS/c1-27-11-28-8(4-31-11)10(30)29-9-6(13(18,19)20)2-5(3-7(9)16)12(17,14(21,22)23)15(24,25)26/h2-4H,1H3,(H,27,28)(H,29,30). The fraction of sp³-hybridized carbons (Fsp3) is 0.333. The summed E-state index contributed by atoms with van der Waals surface area (Å²) < 4.78 is 132. The zero-order valence-corrected chi connectivity index (χ0v) is 15.7. The van der Waals surface area contributed by atoms with E-state index in [2.05, 4.69) is 10.3 Å². The van der Waals surface area contributed by atoms with Crippen molar-refractivity contribution in [3.63, 3.8) is 0 Å². The molecular weight excluding hydrogens is 471 g/mol. The maximum absolute atomic E-state index is 14.2. The summed E-state index contributed by atoms with van der Waals surface area (Å²) in [6, 6.07) is -0.973. The predicted molar refractivity (Wildman–Crippen MR) is 91.3 cm³/mol. The van der Waals surface area contributed by atoms with Gasteiger partial charge in [-0.3, -0.25) is 4.79 Å². The van der Waals surface area contributed by atoms with Gasteiger partial charge in [-0.15, -0.1) is 11.3 Å².